The Labute approximate surface area is 180 Å². The van der Waals surface area contributed by atoms with Crippen LogP contribution in [-0.4, -0.2) is 16.6 Å². The fourth-order valence-corrected chi connectivity index (χ4v) is 6.10. The van der Waals surface area contributed by atoms with E-state index in [4.69, 9.17) is 4.74 Å². The zero-order valence-electron chi connectivity index (χ0n) is 17.6. The van der Waals surface area contributed by atoms with Gasteiger partial charge in [-0.25, -0.2) is 0 Å². The molecule has 0 saturated carbocycles. The van der Waals surface area contributed by atoms with E-state index >= 15 is 0 Å². The third-order valence-electron chi connectivity index (χ3n) is 6.15. The Balaban J connectivity index is 1.38. The van der Waals surface area contributed by atoms with E-state index < -0.39 is 0 Å². The van der Waals surface area contributed by atoms with E-state index in [-0.39, 0.29) is 0 Å². The first-order chi connectivity index (χ1) is 14.2. The van der Waals surface area contributed by atoms with E-state index in [1.165, 1.54) is 22.3 Å². The lowest BCUT2D eigenvalue weighted by Crippen LogP contribution is -2.33. The first kappa shape index (κ1) is 20.5. The third-order valence-corrected chi connectivity index (χ3v) is 7.70. The highest BCUT2D eigenvalue weighted by Gasteiger charge is 2.33. The second kappa shape index (κ2) is 9.82. The molecule has 1 fully saturated rings. The number of thioether (sulfide) groups is 1. The molecule has 2 aromatic rings. The predicted molar refractivity (Wildman–Crippen MR) is 126 cm³/mol. The second-order valence-corrected chi connectivity index (χ2v) is 10.1. The Morgan fingerprint density at radius 2 is 1.76 bits per heavy atom. The lowest BCUT2D eigenvalue weighted by Gasteiger charge is -2.37. The van der Waals surface area contributed by atoms with Crippen molar-refractivity contribution < 1.29 is 4.74 Å². The highest BCUT2D eigenvalue weighted by molar-refractivity contribution is 8.00. The largest absolute Gasteiger partial charge is 0.373 e. The normalized spacial score (nSPS) is 26.9. The van der Waals surface area contributed by atoms with Gasteiger partial charge in [-0.2, -0.15) is 11.8 Å². The van der Waals surface area contributed by atoms with Crippen molar-refractivity contribution in [1.29, 1.82) is 0 Å². The lowest BCUT2D eigenvalue weighted by molar-refractivity contribution is 0.0251. The van der Waals surface area contributed by atoms with Crippen molar-refractivity contribution in [3.63, 3.8) is 0 Å². The average molecular weight is 405 g/mol. The van der Waals surface area contributed by atoms with Crippen LogP contribution in [0.5, 0.6) is 0 Å². The topological polar surface area (TPSA) is 9.23 Å². The van der Waals surface area contributed by atoms with Crippen molar-refractivity contribution >= 4 is 17.3 Å². The van der Waals surface area contributed by atoms with Gasteiger partial charge in [-0.15, -0.1) is 0 Å². The van der Waals surface area contributed by atoms with Crippen LogP contribution in [-0.2, 0) is 17.8 Å². The molecule has 0 N–H and O–H groups in total. The van der Waals surface area contributed by atoms with Crippen LogP contribution in [0.2, 0.25) is 0 Å². The molecule has 2 heteroatoms. The monoisotopic (exact) mass is 404 g/mol. The maximum atomic E-state index is 6.35. The summed E-state index contributed by atoms with van der Waals surface area (Å²) in [6.07, 6.45) is 11.9. The van der Waals surface area contributed by atoms with Gasteiger partial charge in [0.15, 0.2) is 0 Å². The Morgan fingerprint density at radius 1 is 0.966 bits per heavy atom. The predicted octanol–water partition coefficient (Wildman–Crippen LogP) is 7.08. The number of hydrogen-bond acceptors (Lipinski definition) is 2. The molecule has 4 atom stereocenters. The Bertz CT molecular complexity index is 837. The minimum Gasteiger partial charge on any atom is -0.373 e. The zero-order valence-corrected chi connectivity index (χ0v) is 18.4. The van der Waals surface area contributed by atoms with Gasteiger partial charge < -0.3 is 4.74 Å². The van der Waals surface area contributed by atoms with Crippen LogP contribution < -0.4 is 0 Å². The van der Waals surface area contributed by atoms with E-state index in [1.54, 1.807) is 0 Å². The number of hydrogen-bond donors (Lipinski definition) is 0. The SMILES string of the molecule is CCc1ccc(C2=CC=CC(C3CC(OCc4ccccc4)C[C@@H](C)S3)C2)cc1. The molecular weight excluding hydrogens is 372 g/mol. The van der Waals surface area contributed by atoms with E-state index in [0.717, 1.165) is 32.3 Å². The fourth-order valence-electron chi connectivity index (χ4n) is 4.46. The molecule has 1 nitrogen and oxygen atoms in total. The number of allylic oxidation sites excluding steroid dienone is 4. The van der Waals surface area contributed by atoms with Crippen LogP contribution >= 0.6 is 11.8 Å². The number of aryl methyl sites for hydroxylation is 1. The molecule has 2 aromatic carbocycles. The minimum atomic E-state index is 0.364. The standard InChI is InChI=1S/C27H32OS/c1-3-21-12-14-23(15-13-21)24-10-7-11-25(17-24)27-18-26(16-20(2)29-27)28-19-22-8-5-4-6-9-22/h4-15,20,25-27H,3,16-19H2,1-2H3/t20-,25?,26?,27?/m1/s1. The molecule has 2 aliphatic rings. The number of rotatable bonds is 6. The highest BCUT2D eigenvalue weighted by atomic mass is 32.2. The molecule has 1 heterocycles. The molecule has 0 aromatic heterocycles. The van der Waals surface area contributed by atoms with Crippen LogP contribution in [0.25, 0.3) is 5.57 Å². The first-order valence-corrected chi connectivity index (χ1v) is 11.9. The van der Waals surface area contributed by atoms with E-state index in [9.17, 15) is 0 Å². The van der Waals surface area contributed by atoms with Crippen LogP contribution in [0.3, 0.4) is 0 Å². The van der Waals surface area contributed by atoms with Gasteiger partial charge in [-0.1, -0.05) is 86.7 Å². The Kier molecular flexibility index (Phi) is 6.94. The molecule has 0 spiro atoms. The van der Waals surface area contributed by atoms with Gasteiger partial charge in [0, 0.05) is 10.5 Å². The molecular formula is C27H32OS. The summed E-state index contributed by atoms with van der Waals surface area (Å²) in [4.78, 5) is 0. The molecule has 1 aliphatic heterocycles. The average Bonchev–Trinajstić information content (AvgIpc) is 2.78. The zero-order chi connectivity index (χ0) is 20.1. The molecule has 0 amide bonds. The maximum absolute atomic E-state index is 6.35. The summed E-state index contributed by atoms with van der Waals surface area (Å²) in [6.45, 7) is 5.30. The summed E-state index contributed by atoms with van der Waals surface area (Å²) in [5, 5.41) is 1.29. The van der Waals surface area contributed by atoms with Crippen LogP contribution in [0.15, 0.2) is 72.8 Å². The van der Waals surface area contributed by atoms with Gasteiger partial charge >= 0.3 is 0 Å². The van der Waals surface area contributed by atoms with Crippen LogP contribution in [0.4, 0.5) is 0 Å². The van der Waals surface area contributed by atoms with Gasteiger partial charge in [-0.3, -0.25) is 0 Å². The summed E-state index contributed by atoms with van der Waals surface area (Å²) < 4.78 is 6.35. The number of benzene rings is 2. The van der Waals surface area contributed by atoms with E-state index in [2.05, 4.69) is 98.4 Å². The molecule has 1 saturated heterocycles. The fraction of sp³-hybridized carbons (Fsp3) is 0.407. The van der Waals surface area contributed by atoms with Crippen molar-refractivity contribution in [1.82, 2.24) is 0 Å². The summed E-state index contributed by atoms with van der Waals surface area (Å²) in [5.41, 5.74) is 5.53. The summed E-state index contributed by atoms with van der Waals surface area (Å²) in [7, 11) is 0. The quantitative estimate of drug-likeness (QED) is 0.509. The number of ether oxygens (including phenoxy) is 1. The molecule has 152 valence electrons. The Morgan fingerprint density at radius 3 is 2.52 bits per heavy atom. The van der Waals surface area contributed by atoms with Crippen molar-refractivity contribution in [2.24, 2.45) is 5.92 Å². The van der Waals surface area contributed by atoms with Crippen molar-refractivity contribution in [3.8, 4) is 0 Å². The van der Waals surface area contributed by atoms with Gasteiger partial charge in [0.25, 0.3) is 0 Å². The van der Waals surface area contributed by atoms with E-state index in [1.807, 2.05) is 0 Å². The second-order valence-electron chi connectivity index (χ2n) is 8.37. The van der Waals surface area contributed by atoms with Gasteiger partial charge in [0.05, 0.1) is 12.7 Å². The van der Waals surface area contributed by atoms with Gasteiger partial charge in [0.1, 0.15) is 0 Å². The molecule has 3 unspecified atom stereocenters. The summed E-state index contributed by atoms with van der Waals surface area (Å²) >= 11 is 2.16. The van der Waals surface area contributed by atoms with Crippen molar-refractivity contribution in [2.75, 3.05) is 0 Å². The summed E-state index contributed by atoms with van der Waals surface area (Å²) in [6, 6.07) is 19.7. The Hall–Kier alpha value is -1.77. The first-order valence-electron chi connectivity index (χ1n) is 11.0. The van der Waals surface area contributed by atoms with Crippen LogP contribution in [0, 0.1) is 5.92 Å². The smallest absolute Gasteiger partial charge is 0.0720 e. The third kappa shape index (κ3) is 5.43. The van der Waals surface area contributed by atoms with Gasteiger partial charge in [-0.05, 0) is 53.9 Å². The van der Waals surface area contributed by atoms with Crippen LogP contribution in [0.1, 0.15) is 49.8 Å². The highest BCUT2D eigenvalue weighted by Crippen LogP contribution is 2.42. The van der Waals surface area contributed by atoms with Crippen molar-refractivity contribution in [2.45, 2.75) is 62.7 Å². The van der Waals surface area contributed by atoms with E-state index in [0.29, 0.717) is 22.5 Å². The molecule has 0 bridgehead atoms. The van der Waals surface area contributed by atoms with Crippen molar-refractivity contribution in [3.05, 3.63) is 89.5 Å². The molecule has 4 rings (SSSR count). The molecule has 29 heavy (non-hydrogen) atoms. The maximum Gasteiger partial charge on any atom is 0.0720 e. The lowest BCUT2D eigenvalue weighted by atomic mass is 9.85. The van der Waals surface area contributed by atoms with Gasteiger partial charge in [0.2, 0.25) is 0 Å². The molecule has 1 aliphatic carbocycles. The molecule has 0 radical (unpaired) electrons. The minimum absolute atomic E-state index is 0.364. The summed E-state index contributed by atoms with van der Waals surface area (Å²) in [5.74, 6) is 0.594.